The van der Waals surface area contributed by atoms with E-state index in [0.717, 1.165) is 0 Å². The van der Waals surface area contributed by atoms with Gasteiger partial charge in [-0.2, -0.15) is 0 Å². The topological polar surface area (TPSA) is 69.7 Å². The number of hydrogen-bond acceptors (Lipinski definition) is 4. The predicted octanol–water partition coefficient (Wildman–Crippen LogP) is 1.70. The van der Waals surface area contributed by atoms with Gasteiger partial charge in [0, 0.05) is 31.7 Å². The minimum absolute atomic E-state index is 0.112. The molecule has 0 spiro atoms. The van der Waals surface area contributed by atoms with Crippen LogP contribution in [-0.2, 0) is 10.0 Å². The molecule has 1 amide bonds. The lowest BCUT2D eigenvalue weighted by Gasteiger charge is -2.36. The van der Waals surface area contributed by atoms with Crippen LogP contribution in [0.15, 0.2) is 53.4 Å². The molecular weight excluding hydrogens is 357 g/mol. The quantitative estimate of drug-likeness (QED) is 0.881. The molecule has 26 heavy (non-hydrogen) atoms. The fourth-order valence-corrected chi connectivity index (χ4v) is 3.67. The second-order valence-corrected chi connectivity index (χ2v) is 7.85. The fraction of sp³-hybridized carbons (Fsp3) is 0.278. The summed E-state index contributed by atoms with van der Waals surface area (Å²) in [5, 5.41) is 0. The highest BCUT2D eigenvalue weighted by molar-refractivity contribution is 7.89. The first-order valence-corrected chi connectivity index (χ1v) is 9.73. The average Bonchev–Trinajstić information content (AvgIpc) is 2.68. The Kier molecular flexibility index (Phi) is 5.24. The molecule has 0 unspecified atom stereocenters. The standard InChI is InChI=1S/C18H20FN3O3S/c1-20-26(24,25)15-8-6-14(7-9-15)18(23)22-12-10-21(11-13-22)17-5-3-2-4-16(17)19/h2-9,20H,10-13H2,1H3. The molecule has 1 aliphatic rings. The lowest BCUT2D eigenvalue weighted by molar-refractivity contribution is 0.0746. The molecule has 2 aromatic rings. The third-order valence-corrected chi connectivity index (χ3v) is 5.87. The Hall–Kier alpha value is -2.45. The van der Waals surface area contributed by atoms with Gasteiger partial charge in [-0.1, -0.05) is 12.1 Å². The van der Waals surface area contributed by atoms with Crippen LogP contribution < -0.4 is 9.62 Å². The number of anilines is 1. The van der Waals surface area contributed by atoms with Gasteiger partial charge in [-0.15, -0.1) is 0 Å². The number of nitrogens with zero attached hydrogens (tertiary/aromatic N) is 2. The first-order chi connectivity index (χ1) is 12.4. The molecule has 0 saturated carbocycles. The van der Waals surface area contributed by atoms with Crippen LogP contribution in [0.2, 0.25) is 0 Å². The molecule has 1 aliphatic heterocycles. The number of sulfonamides is 1. The Morgan fingerprint density at radius 2 is 1.62 bits per heavy atom. The molecule has 3 rings (SSSR count). The number of para-hydroxylation sites is 1. The van der Waals surface area contributed by atoms with Crippen molar-refractivity contribution in [3.05, 3.63) is 59.9 Å². The minimum Gasteiger partial charge on any atom is -0.366 e. The maximum Gasteiger partial charge on any atom is 0.253 e. The third-order valence-electron chi connectivity index (χ3n) is 4.44. The van der Waals surface area contributed by atoms with Crippen LogP contribution in [0.3, 0.4) is 0 Å². The number of carbonyl (C=O) groups excluding carboxylic acids is 1. The number of amides is 1. The number of nitrogens with one attached hydrogen (secondary N) is 1. The van der Waals surface area contributed by atoms with Crippen molar-refractivity contribution >= 4 is 21.6 Å². The van der Waals surface area contributed by atoms with E-state index in [1.807, 2.05) is 4.90 Å². The van der Waals surface area contributed by atoms with Crippen LogP contribution in [0.4, 0.5) is 10.1 Å². The highest BCUT2D eigenvalue weighted by atomic mass is 32.2. The summed E-state index contributed by atoms with van der Waals surface area (Å²) in [5.41, 5.74) is 0.973. The van der Waals surface area contributed by atoms with Gasteiger partial charge in [-0.3, -0.25) is 4.79 Å². The summed E-state index contributed by atoms with van der Waals surface area (Å²) in [7, 11) is -2.19. The van der Waals surface area contributed by atoms with Crippen LogP contribution in [0.25, 0.3) is 0 Å². The lowest BCUT2D eigenvalue weighted by atomic mass is 10.1. The van der Waals surface area contributed by atoms with E-state index in [1.54, 1.807) is 23.1 Å². The number of benzene rings is 2. The molecule has 1 fully saturated rings. The zero-order chi connectivity index (χ0) is 18.7. The monoisotopic (exact) mass is 377 g/mol. The van der Waals surface area contributed by atoms with Gasteiger partial charge in [-0.05, 0) is 43.4 Å². The van der Waals surface area contributed by atoms with E-state index in [-0.39, 0.29) is 16.6 Å². The molecule has 0 aliphatic carbocycles. The zero-order valence-corrected chi connectivity index (χ0v) is 15.2. The second-order valence-electron chi connectivity index (χ2n) is 5.96. The Morgan fingerprint density at radius 3 is 2.19 bits per heavy atom. The van der Waals surface area contributed by atoms with Crippen molar-refractivity contribution in [3.8, 4) is 0 Å². The molecule has 1 N–H and O–H groups in total. The average molecular weight is 377 g/mol. The Labute approximate surface area is 152 Å². The van der Waals surface area contributed by atoms with Crippen molar-refractivity contribution in [2.45, 2.75) is 4.90 Å². The van der Waals surface area contributed by atoms with Gasteiger partial charge in [0.05, 0.1) is 10.6 Å². The van der Waals surface area contributed by atoms with Crippen molar-refractivity contribution < 1.29 is 17.6 Å². The summed E-state index contributed by atoms with van der Waals surface area (Å²) in [6.07, 6.45) is 0. The van der Waals surface area contributed by atoms with Gasteiger partial charge in [-0.25, -0.2) is 17.5 Å². The SMILES string of the molecule is CNS(=O)(=O)c1ccc(C(=O)N2CCN(c3ccccc3F)CC2)cc1. The highest BCUT2D eigenvalue weighted by Gasteiger charge is 2.24. The molecule has 0 aromatic heterocycles. The van der Waals surface area contributed by atoms with Crippen molar-refractivity contribution in [1.82, 2.24) is 9.62 Å². The van der Waals surface area contributed by atoms with Gasteiger partial charge in [0.1, 0.15) is 5.82 Å². The Morgan fingerprint density at radius 1 is 1.00 bits per heavy atom. The lowest BCUT2D eigenvalue weighted by Crippen LogP contribution is -2.49. The first-order valence-electron chi connectivity index (χ1n) is 8.25. The fourth-order valence-electron chi connectivity index (χ4n) is 2.94. The summed E-state index contributed by atoms with van der Waals surface area (Å²) in [6.45, 7) is 2.03. The number of carbonyl (C=O) groups is 1. The maximum atomic E-state index is 13.9. The van der Waals surface area contributed by atoms with E-state index in [0.29, 0.717) is 37.4 Å². The summed E-state index contributed by atoms with van der Waals surface area (Å²) >= 11 is 0. The van der Waals surface area contributed by atoms with E-state index in [1.165, 1.54) is 37.4 Å². The van der Waals surface area contributed by atoms with Gasteiger partial charge >= 0.3 is 0 Å². The van der Waals surface area contributed by atoms with Gasteiger partial charge < -0.3 is 9.80 Å². The van der Waals surface area contributed by atoms with Crippen molar-refractivity contribution in [1.29, 1.82) is 0 Å². The van der Waals surface area contributed by atoms with Crippen molar-refractivity contribution in [2.24, 2.45) is 0 Å². The van der Waals surface area contributed by atoms with Crippen LogP contribution in [0.5, 0.6) is 0 Å². The molecule has 2 aromatic carbocycles. The summed E-state index contributed by atoms with van der Waals surface area (Å²) in [4.78, 5) is 16.3. The van der Waals surface area contributed by atoms with Crippen LogP contribution in [-0.4, -0.2) is 52.5 Å². The van der Waals surface area contributed by atoms with Crippen molar-refractivity contribution in [2.75, 3.05) is 38.1 Å². The number of piperazine rings is 1. The van der Waals surface area contributed by atoms with E-state index in [2.05, 4.69) is 4.72 Å². The normalized spacial score (nSPS) is 15.2. The Balaban J connectivity index is 1.66. The molecule has 0 bridgehead atoms. The molecule has 138 valence electrons. The molecular formula is C18H20FN3O3S. The van der Waals surface area contributed by atoms with E-state index in [4.69, 9.17) is 0 Å². The molecule has 0 radical (unpaired) electrons. The second kappa shape index (κ2) is 7.43. The molecule has 6 nitrogen and oxygen atoms in total. The molecule has 0 atom stereocenters. The minimum atomic E-state index is -3.52. The summed E-state index contributed by atoms with van der Waals surface area (Å²) in [6, 6.07) is 12.4. The van der Waals surface area contributed by atoms with E-state index in [9.17, 15) is 17.6 Å². The van der Waals surface area contributed by atoms with Gasteiger partial charge in [0.2, 0.25) is 10.0 Å². The van der Waals surface area contributed by atoms with Gasteiger partial charge in [0.15, 0.2) is 0 Å². The van der Waals surface area contributed by atoms with Crippen molar-refractivity contribution in [3.63, 3.8) is 0 Å². The largest absolute Gasteiger partial charge is 0.366 e. The van der Waals surface area contributed by atoms with E-state index < -0.39 is 10.0 Å². The molecule has 8 heteroatoms. The third kappa shape index (κ3) is 3.71. The first kappa shape index (κ1) is 18.3. The predicted molar refractivity (Wildman–Crippen MR) is 97.2 cm³/mol. The number of rotatable bonds is 4. The van der Waals surface area contributed by atoms with E-state index >= 15 is 0 Å². The molecule has 1 saturated heterocycles. The van der Waals surface area contributed by atoms with Crippen LogP contribution in [0, 0.1) is 5.82 Å². The van der Waals surface area contributed by atoms with Crippen LogP contribution in [0.1, 0.15) is 10.4 Å². The maximum absolute atomic E-state index is 13.9. The number of hydrogen-bond donors (Lipinski definition) is 1. The highest BCUT2D eigenvalue weighted by Crippen LogP contribution is 2.21. The number of halogens is 1. The zero-order valence-electron chi connectivity index (χ0n) is 14.4. The van der Waals surface area contributed by atoms with Crippen LogP contribution >= 0.6 is 0 Å². The van der Waals surface area contributed by atoms with Gasteiger partial charge in [0.25, 0.3) is 5.91 Å². The summed E-state index contributed by atoms with van der Waals surface area (Å²) in [5.74, 6) is -0.430. The smallest absolute Gasteiger partial charge is 0.253 e. The molecule has 1 heterocycles. The summed E-state index contributed by atoms with van der Waals surface area (Å²) < 4.78 is 39.6. The Bertz CT molecular complexity index is 892.